The summed E-state index contributed by atoms with van der Waals surface area (Å²) in [4.78, 5) is 4.82. The number of nitrogens with zero attached hydrogens (tertiary/aromatic N) is 4. The maximum Gasteiger partial charge on any atom is 2.00 e. The molecule has 0 N–H and O–H groups in total. The molecule has 0 saturated heterocycles. The molecule has 6 heteroatoms. The second-order valence-electron chi connectivity index (χ2n) is 14.1. The minimum atomic E-state index is 0. The van der Waals surface area contributed by atoms with E-state index in [1.165, 1.54) is 44.5 Å². The first-order chi connectivity index (χ1) is 24.8. The molecule has 0 bridgehead atoms. The quantitative estimate of drug-likeness (QED) is 0.115. The van der Waals surface area contributed by atoms with Crippen LogP contribution in [0.5, 0.6) is 11.5 Å². The number of aromatic nitrogens is 4. The van der Waals surface area contributed by atoms with Gasteiger partial charge in [-0.05, 0) is 90.6 Å². The zero-order chi connectivity index (χ0) is 35.6. The Labute approximate surface area is 323 Å². The molecule has 0 aliphatic carbocycles. The number of para-hydroxylation sites is 1. The fourth-order valence-electron chi connectivity index (χ4n) is 7.45. The van der Waals surface area contributed by atoms with E-state index in [2.05, 4.69) is 143 Å². The van der Waals surface area contributed by atoms with Gasteiger partial charge >= 0.3 is 21.1 Å². The summed E-state index contributed by atoms with van der Waals surface area (Å²) in [6.45, 7) is 15.6. The van der Waals surface area contributed by atoms with Gasteiger partial charge in [0.2, 0.25) is 0 Å². The van der Waals surface area contributed by atoms with Crippen molar-refractivity contribution in [3.05, 3.63) is 131 Å². The van der Waals surface area contributed by atoms with Crippen molar-refractivity contribution < 1.29 is 25.8 Å². The van der Waals surface area contributed by atoms with Gasteiger partial charge in [-0.1, -0.05) is 95.8 Å². The number of pyridine rings is 1. The van der Waals surface area contributed by atoms with Crippen LogP contribution in [0.15, 0.2) is 85.1 Å². The molecule has 4 aromatic carbocycles. The molecule has 0 atom stereocenters. The molecule has 268 valence electrons. The maximum atomic E-state index is 6.71. The van der Waals surface area contributed by atoms with E-state index < -0.39 is 0 Å². The Hall–Kier alpha value is -4.47. The van der Waals surface area contributed by atoms with Gasteiger partial charge in [-0.15, -0.1) is 41.3 Å². The van der Waals surface area contributed by atoms with Crippen LogP contribution in [0, 0.1) is 26.0 Å². The van der Waals surface area contributed by atoms with E-state index >= 15 is 0 Å². The van der Waals surface area contributed by atoms with Crippen LogP contribution in [-0.2, 0) is 40.3 Å². The van der Waals surface area contributed by atoms with E-state index in [9.17, 15) is 0 Å². The van der Waals surface area contributed by atoms with Crippen LogP contribution in [0.1, 0.15) is 93.4 Å². The first kappa shape index (κ1) is 37.3. The monoisotopic (exact) mass is 867 g/mol. The third kappa shape index (κ3) is 7.13. The van der Waals surface area contributed by atoms with Gasteiger partial charge in [-0.2, -0.15) is 11.2 Å². The minimum absolute atomic E-state index is 0. The number of aryl methyl sites for hydroxylation is 4. The van der Waals surface area contributed by atoms with Crippen LogP contribution < -0.4 is 4.74 Å². The van der Waals surface area contributed by atoms with Gasteiger partial charge in [0.25, 0.3) is 0 Å². The SMILES string of the molecule is CCCc1ccnc(-n2c3[c-]c(Oc4[c-]c(-n5nc(CCC)c(-c6c(C)cccc6C)c5CCC)cc(C(C)C)c4)ccc3c3ccccc32)c1.[Pt+2]. The molecule has 7 aromatic rings. The predicted octanol–water partition coefficient (Wildman–Crippen LogP) is 12.0. The summed E-state index contributed by atoms with van der Waals surface area (Å²) in [6.07, 6.45) is 7.88. The Morgan fingerprint density at radius 3 is 2.21 bits per heavy atom. The van der Waals surface area contributed by atoms with Gasteiger partial charge in [0.15, 0.2) is 0 Å². The molecule has 52 heavy (non-hydrogen) atoms. The van der Waals surface area contributed by atoms with Gasteiger partial charge in [-0.3, -0.25) is 4.68 Å². The van der Waals surface area contributed by atoms with Gasteiger partial charge in [0.05, 0.1) is 5.69 Å². The summed E-state index contributed by atoms with van der Waals surface area (Å²) in [5.41, 5.74) is 12.9. The largest absolute Gasteiger partial charge is 2.00 e. The van der Waals surface area contributed by atoms with Gasteiger partial charge in [-0.25, -0.2) is 4.98 Å². The number of hydrogen-bond acceptors (Lipinski definition) is 3. The van der Waals surface area contributed by atoms with Crippen molar-refractivity contribution >= 4 is 21.8 Å². The molecule has 0 spiro atoms. The molecule has 0 amide bonds. The van der Waals surface area contributed by atoms with Crippen molar-refractivity contribution in [2.75, 3.05) is 0 Å². The molecule has 0 radical (unpaired) electrons. The zero-order valence-corrected chi connectivity index (χ0v) is 33.7. The average molecular weight is 868 g/mol. The number of ether oxygens (including phenoxy) is 1. The van der Waals surface area contributed by atoms with Crippen LogP contribution in [0.4, 0.5) is 0 Å². The summed E-state index contributed by atoms with van der Waals surface area (Å²) in [5, 5.41) is 7.62. The Bertz CT molecular complexity index is 2330. The number of hydrogen-bond donors (Lipinski definition) is 0. The molecule has 5 nitrogen and oxygen atoms in total. The van der Waals surface area contributed by atoms with Crippen LogP contribution in [0.25, 0.3) is 44.4 Å². The topological polar surface area (TPSA) is 44.9 Å². The summed E-state index contributed by atoms with van der Waals surface area (Å²) in [7, 11) is 0. The van der Waals surface area contributed by atoms with Gasteiger partial charge in [0.1, 0.15) is 5.82 Å². The second-order valence-corrected chi connectivity index (χ2v) is 14.1. The van der Waals surface area contributed by atoms with Crippen molar-refractivity contribution in [3.8, 4) is 34.1 Å². The average Bonchev–Trinajstić information content (AvgIpc) is 3.63. The Kier molecular flexibility index (Phi) is 11.5. The molecule has 7 rings (SSSR count). The fraction of sp³-hybridized carbons (Fsp3) is 0.304. The smallest absolute Gasteiger partial charge is 0.509 e. The summed E-state index contributed by atoms with van der Waals surface area (Å²) in [5.74, 6) is 2.47. The molecule has 0 saturated carbocycles. The Morgan fingerprint density at radius 2 is 1.48 bits per heavy atom. The van der Waals surface area contributed by atoms with Gasteiger partial charge in [0, 0.05) is 34.5 Å². The molecule has 3 heterocycles. The van der Waals surface area contributed by atoms with E-state index in [1.807, 2.05) is 12.3 Å². The molecular formula is C46H48N4OPt. The second kappa shape index (κ2) is 16.0. The molecule has 3 aromatic heterocycles. The zero-order valence-electron chi connectivity index (χ0n) is 31.4. The van der Waals surface area contributed by atoms with E-state index in [1.54, 1.807) is 0 Å². The van der Waals surface area contributed by atoms with Crippen molar-refractivity contribution in [1.29, 1.82) is 0 Å². The third-order valence-electron chi connectivity index (χ3n) is 9.86. The van der Waals surface area contributed by atoms with Crippen LogP contribution in [0.2, 0.25) is 0 Å². The summed E-state index contributed by atoms with van der Waals surface area (Å²) >= 11 is 0. The van der Waals surface area contributed by atoms with Crippen molar-refractivity contribution in [3.63, 3.8) is 0 Å². The van der Waals surface area contributed by atoms with Crippen molar-refractivity contribution in [2.45, 2.75) is 92.9 Å². The normalized spacial score (nSPS) is 11.5. The third-order valence-corrected chi connectivity index (χ3v) is 9.86. The first-order valence-corrected chi connectivity index (χ1v) is 18.6. The van der Waals surface area contributed by atoms with E-state index in [0.717, 1.165) is 72.1 Å². The number of fused-ring (bicyclic) bond motifs is 3. The van der Waals surface area contributed by atoms with E-state index in [-0.39, 0.29) is 27.0 Å². The molecule has 0 fully saturated rings. The standard InChI is InChI=1S/C46H48N4O.Pt/c1-8-14-33-23-24-47-44(25-33)49-41-20-12-11-19-38(41)39-22-21-36(29-43(39)49)51-37-27-34(30(4)5)26-35(28-37)50-42(16-10-3)46(40(48-50)15-9-2)45-31(6)17-13-18-32(45)7;/h11-13,17-27,30H,8-10,14-16H2,1-7H3;/q-2;+2. The number of benzene rings is 4. The Balaban J connectivity index is 0.00000464. The van der Waals surface area contributed by atoms with Crippen LogP contribution in [-0.4, -0.2) is 19.3 Å². The molecule has 0 unspecified atom stereocenters. The summed E-state index contributed by atoms with van der Waals surface area (Å²) < 4.78 is 11.1. The first-order valence-electron chi connectivity index (χ1n) is 18.6. The fourth-order valence-corrected chi connectivity index (χ4v) is 7.45. The molecule has 0 aliphatic rings. The van der Waals surface area contributed by atoms with Crippen LogP contribution in [0.3, 0.4) is 0 Å². The number of rotatable bonds is 12. The molecular weight excluding hydrogens is 820 g/mol. The van der Waals surface area contributed by atoms with Gasteiger partial charge < -0.3 is 9.30 Å². The Morgan fingerprint density at radius 1 is 0.731 bits per heavy atom. The van der Waals surface area contributed by atoms with E-state index in [4.69, 9.17) is 14.8 Å². The molecule has 0 aliphatic heterocycles. The summed E-state index contributed by atoms with van der Waals surface area (Å²) in [6, 6.07) is 35.2. The van der Waals surface area contributed by atoms with E-state index in [0.29, 0.717) is 11.5 Å². The minimum Gasteiger partial charge on any atom is -0.509 e. The van der Waals surface area contributed by atoms with Crippen molar-refractivity contribution in [2.24, 2.45) is 0 Å². The van der Waals surface area contributed by atoms with Crippen molar-refractivity contribution in [1.82, 2.24) is 19.3 Å². The maximum absolute atomic E-state index is 6.71. The predicted molar refractivity (Wildman–Crippen MR) is 211 cm³/mol. The van der Waals surface area contributed by atoms with Crippen LogP contribution >= 0.6 is 0 Å².